The summed E-state index contributed by atoms with van der Waals surface area (Å²) in [6.45, 7) is 5.84. The molecule has 11 nitrogen and oxygen atoms in total. The van der Waals surface area contributed by atoms with Gasteiger partial charge in [0.1, 0.15) is 29.1 Å². The third kappa shape index (κ3) is 12.6. The van der Waals surface area contributed by atoms with E-state index in [0.29, 0.717) is 58.6 Å². The van der Waals surface area contributed by atoms with E-state index in [0.717, 1.165) is 42.6 Å². The quantitative estimate of drug-likeness (QED) is 0.0758. The highest BCUT2D eigenvalue weighted by atomic mass is 19.3. The van der Waals surface area contributed by atoms with Gasteiger partial charge in [-0.3, -0.25) is 9.36 Å². The van der Waals surface area contributed by atoms with E-state index in [4.69, 9.17) is 9.47 Å². The molecule has 2 saturated carbocycles. The van der Waals surface area contributed by atoms with Crippen LogP contribution in [-0.2, 0) is 42.2 Å². The van der Waals surface area contributed by atoms with Crippen LogP contribution in [0.3, 0.4) is 0 Å². The van der Waals surface area contributed by atoms with E-state index >= 15 is 0 Å². The van der Waals surface area contributed by atoms with Crippen LogP contribution in [0.4, 0.5) is 26.3 Å². The average molecular weight is 977 g/mol. The van der Waals surface area contributed by atoms with Gasteiger partial charge in [0.25, 0.3) is 12.9 Å². The summed E-state index contributed by atoms with van der Waals surface area (Å²) in [6.07, 6.45) is 4.20. The Morgan fingerprint density at radius 1 is 0.592 bits per heavy atom. The van der Waals surface area contributed by atoms with Crippen LogP contribution in [0.15, 0.2) is 134 Å². The first-order valence-electron chi connectivity index (χ1n) is 23.7. The summed E-state index contributed by atoms with van der Waals surface area (Å²) < 4.78 is 102. The zero-order chi connectivity index (χ0) is 49.6. The normalized spacial score (nSPS) is 15.0. The minimum Gasteiger partial charge on any atom is -0.382 e. The van der Waals surface area contributed by atoms with Crippen LogP contribution in [0.1, 0.15) is 127 Å². The van der Waals surface area contributed by atoms with Crippen molar-refractivity contribution in [2.45, 2.75) is 103 Å². The molecule has 0 aliphatic heterocycles. The van der Waals surface area contributed by atoms with Gasteiger partial charge in [-0.15, -0.1) is 0 Å². The van der Waals surface area contributed by atoms with Crippen molar-refractivity contribution in [3.8, 4) is 11.4 Å². The number of ether oxygens (including phenoxy) is 2. The predicted molar refractivity (Wildman–Crippen MR) is 253 cm³/mol. The maximum absolute atomic E-state index is 14.3. The molecule has 4 aromatic heterocycles. The molecule has 17 heteroatoms. The Morgan fingerprint density at radius 3 is 1.62 bits per heavy atom. The van der Waals surface area contributed by atoms with Crippen molar-refractivity contribution in [2.24, 2.45) is 11.8 Å². The minimum atomic E-state index is -2.84. The van der Waals surface area contributed by atoms with Crippen LogP contribution >= 0.6 is 0 Å². The molecule has 8 aromatic rings. The van der Waals surface area contributed by atoms with Crippen molar-refractivity contribution in [1.29, 1.82) is 0 Å². The first-order valence-corrected chi connectivity index (χ1v) is 23.7. The van der Waals surface area contributed by atoms with Crippen LogP contribution in [-0.4, -0.2) is 44.2 Å². The third-order valence-electron chi connectivity index (χ3n) is 12.6. The molecule has 4 aromatic carbocycles. The smallest absolute Gasteiger partial charge is 0.282 e. The van der Waals surface area contributed by atoms with E-state index < -0.39 is 48.5 Å². The molecule has 4 heterocycles. The Hall–Kier alpha value is -6.82. The first-order chi connectivity index (χ1) is 34.3. The van der Waals surface area contributed by atoms with Crippen molar-refractivity contribution in [1.82, 2.24) is 39.1 Å². The third-order valence-corrected chi connectivity index (χ3v) is 12.6. The lowest BCUT2D eigenvalue weighted by Crippen LogP contribution is -2.13. The molecule has 0 amide bonds. The lowest BCUT2D eigenvalue weighted by molar-refractivity contribution is 0.0521. The Bertz CT molecular complexity index is 3000. The van der Waals surface area contributed by atoms with Crippen molar-refractivity contribution in [2.75, 3.05) is 0 Å². The maximum Gasteiger partial charge on any atom is 0.282 e. The molecular formula is C54H54F6N8O3. The maximum atomic E-state index is 14.3. The second kappa shape index (κ2) is 22.1. The summed E-state index contributed by atoms with van der Waals surface area (Å²) in [6, 6.07) is 30.0. The molecule has 0 saturated heterocycles. The summed E-state index contributed by atoms with van der Waals surface area (Å²) in [7, 11) is 0. The number of nitrogens with zero attached hydrogens (tertiary/aromatic N) is 8. The Kier molecular flexibility index (Phi) is 15.3. The number of hydrogen-bond donors (Lipinski definition) is 1. The Balaban J connectivity index is 0.000000176. The highest BCUT2D eigenvalue weighted by Crippen LogP contribution is 2.35. The van der Waals surface area contributed by atoms with Gasteiger partial charge in [0, 0.05) is 54.3 Å². The van der Waals surface area contributed by atoms with Crippen molar-refractivity contribution in [3.05, 3.63) is 202 Å². The fourth-order valence-corrected chi connectivity index (χ4v) is 8.38. The molecule has 0 spiro atoms. The van der Waals surface area contributed by atoms with E-state index in [9.17, 15) is 31.4 Å². The largest absolute Gasteiger partial charge is 0.382 e. The molecule has 71 heavy (non-hydrogen) atoms. The standard InChI is InChI=1S/C27H27F3N4O2.C27H27F3N4O/c1-17(36-16-19-5-3-2-4-6-19)22-11-21(28)9-10-24(22)34-25(12-23(32-34)27(29)30)26(35)20-13-31-33(15-20)14-18-7-8-18;1-18(35-17-20-5-3-2-4-6-20)24-12-22(28)9-10-26(24)34-23(13-25(32-34)27(29)30)11-21-14-31-33(16-21)15-19-7-8-19/h2-6,9-13,15,17-18,26-27,35H,7-8,14,16H2,1H3;2-6,9-10,12-14,16,18-19,27H,7-8,11,15,17H2,1H3/t17-,26?;18-/m11/s1. The van der Waals surface area contributed by atoms with E-state index in [1.54, 1.807) is 30.1 Å². The molecule has 0 bridgehead atoms. The molecule has 2 fully saturated rings. The van der Waals surface area contributed by atoms with Gasteiger partial charge in [-0.25, -0.2) is 35.7 Å². The second-order valence-corrected chi connectivity index (χ2v) is 18.3. The Labute approximate surface area is 407 Å². The van der Waals surface area contributed by atoms with Crippen LogP contribution in [0, 0.1) is 23.5 Å². The van der Waals surface area contributed by atoms with E-state index in [-0.39, 0.29) is 18.0 Å². The summed E-state index contributed by atoms with van der Waals surface area (Å²) in [4.78, 5) is 0. The number of aromatic nitrogens is 8. The molecule has 3 atom stereocenters. The topological polar surface area (TPSA) is 110 Å². The van der Waals surface area contributed by atoms with Gasteiger partial charge >= 0.3 is 0 Å². The summed E-state index contributed by atoms with van der Waals surface area (Å²) in [5.41, 5.74) is 5.04. The molecule has 1 unspecified atom stereocenters. The summed E-state index contributed by atoms with van der Waals surface area (Å²) >= 11 is 0. The lowest BCUT2D eigenvalue weighted by atomic mass is 10.1. The number of hydrogen-bond acceptors (Lipinski definition) is 7. The highest BCUT2D eigenvalue weighted by molar-refractivity contribution is 5.46. The molecule has 2 aliphatic carbocycles. The van der Waals surface area contributed by atoms with Gasteiger partial charge in [0.2, 0.25) is 0 Å². The fraction of sp³-hybridized carbons (Fsp3) is 0.333. The minimum absolute atomic E-state index is 0.138. The van der Waals surface area contributed by atoms with Crippen LogP contribution in [0.5, 0.6) is 0 Å². The summed E-state index contributed by atoms with van der Waals surface area (Å²) in [5.74, 6) is 0.347. The van der Waals surface area contributed by atoms with E-state index in [2.05, 4.69) is 20.4 Å². The van der Waals surface area contributed by atoms with Crippen LogP contribution in [0.2, 0.25) is 0 Å². The molecular weight excluding hydrogens is 923 g/mol. The molecule has 370 valence electrons. The molecule has 0 radical (unpaired) electrons. The number of benzene rings is 4. The van der Waals surface area contributed by atoms with Crippen LogP contribution < -0.4 is 0 Å². The predicted octanol–water partition coefficient (Wildman–Crippen LogP) is 12.3. The lowest BCUT2D eigenvalue weighted by Gasteiger charge is -2.20. The monoisotopic (exact) mass is 976 g/mol. The van der Waals surface area contributed by atoms with Crippen LogP contribution in [0.25, 0.3) is 11.4 Å². The van der Waals surface area contributed by atoms with Gasteiger partial charge in [0.05, 0.1) is 54.9 Å². The number of aliphatic hydroxyl groups is 1. The average Bonchev–Trinajstić information content (AvgIpc) is 4.11. The number of halogens is 6. The van der Waals surface area contributed by atoms with Gasteiger partial charge in [-0.2, -0.15) is 20.4 Å². The zero-order valence-electron chi connectivity index (χ0n) is 39.2. The van der Waals surface area contributed by atoms with Gasteiger partial charge in [-0.05, 0) is 117 Å². The molecule has 2 aliphatic rings. The number of alkyl halides is 4. The molecule has 10 rings (SSSR count). The summed E-state index contributed by atoms with van der Waals surface area (Å²) in [5, 5.41) is 28.2. The van der Waals surface area contributed by atoms with Crippen molar-refractivity contribution >= 4 is 0 Å². The molecule has 1 N–H and O–H groups in total. The second-order valence-electron chi connectivity index (χ2n) is 18.3. The van der Waals surface area contributed by atoms with Crippen molar-refractivity contribution < 1.29 is 40.9 Å². The van der Waals surface area contributed by atoms with E-state index in [1.165, 1.54) is 70.9 Å². The zero-order valence-corrected chi connectivity index (χ0v) is 39.2. The van der Waals surface area contributed by atoms with Gasteiger partial charge < -0.3 is 14.6 Å². The van der Waals surface area contributed by atoms with E-state index in [1.807, 2.05) is 78.5 Å². The number of rotatable bonds is 20. The van der Waals surface area contributed by atoms with Gasteiger partial charge in [-0.1, -0.05) is 60.7 Å². The Morgan fingerprint density at radius 2 is 1.08 bits per heavy atom. The fourth-order valence-electron chi connectivity index (χ4n) is 8.38. The highest BCUT2D eigenvalue weighted by Gasteiger charge is 2.28. The SMILES string of the molecule is C[C@@H](OCc1ccccc1)c1cc(F)ccc1-n1nc(C(F)F)cc1C(O)c1cnn(CC2CC2)c1.C[C@@H](OCc1ccccc1)c1cc(F)ccc1-n1nc(C(F)F)cc1Cc1cnn(CC2CC2)c1. The van der Waals surface area contributed by atoms with Crippen molar-refractivity contribution in [3.63, 3.8) is 0 Å². The van der Waals surface area contributed by atoms with Gasteiger partial charge in [0.15, 0.2) is 0 Å². The number of aliphatic hydroxyl groups excluding tert-OH is 1. The first kappa shape index (κ1) is 49.2.